The predicted octanol–water partition coefficient (Wildman–Crippen LogP) is 2.87. The average Bonchev–Trinajstić information content (AvgIpc) is 3.25. The first kappa shape index (κ1) is 17.3. The highest BCUT2D eigenvalue weighted by molar-refractivity contribution is 5.83. The third kappa shape index (κ3) is 4.03. The molecule has 1 unspecified atom stereocenters. The van der Waals surface area contributed by atoms with Crippen LogP contribution < -0.4 is 10.1 Å². The molecule has 1 saturated carbocycles. The number of carboxylic acid groups (broad SMARTS) is 1. The van der Waals surface area contributed by atoms with Gasteiger partial charge in [0.1, 0.15) is 5.75 Å². The van der Waals surface area contributed by atoms with Crippen molar-refractivity contribution in [2.45, 2.75) is 52.6 Å². The number of benzene rings is 1. The van der Waals surface area contributed by atoms with Crippen LogP contribution in [-0.2, 0) is 9.59 Å². The van der Waals surface area contributed by atoms with E-state index in [9.17, 15) is 9.59 Å². The first-order chi connectivity index (χ1) is 10.7. The van der Waals surface area contributed by atoms with Crippen LogP contribution in [-0.4, -0.2) is 29.6 Å². The number of amides is 1. The molecule has 5 heteroatoms. The summed E-state index contributed by atoms with van der Waals surface area (Å²) in [7, 11) is 0. The van der Waals surface area contributed by atoms with Gasteiger partial charge in [0.05, 0.1) is 5.41 Å². The number of carbonyl (C=O) groups is 2. The van der Waals surface area contributed by atoms with E-state index in [1.165, 1.54) is 5.56 Å². The molecule has 126 valence electrons. The number of aryl methyl sites for hydroxylation is 1. The van der Waals surface area contributed by atoms with Crippen LogP contribution in [0.3, 0.4) is 0 Å². The highest BCUT2D eigenvalue weighted by Gasteiger charge is 2.50. The Labute approximate surface area is 137 Å². The van der Waals surface area contributed by atoms with Crippen molar-refractivity contribution in [2.75, 3.05) is 6.54 Å². The maximum atomic E-state index is 12.1. The van der Waals surface area contributed by atoms with Gasteiger partial charge >= 0.3 is 5.97 Å². The lowest BCUT2D eigenvalue weighted by molar-refractivity contribution is -0.143. The number of carbonyl (C=O) groups excluding carboxylic acids is 1. The monoisotopic (exact) mass is 319 g/mol. The van der Waals surface area contributed by atoms with E-state index in [1.54, 1.807) is 6.92 Å². The maximum Gasteiger partial charge on any atom is 0.311 e. The summed E-state index contributed by atoms with van der Waals surface area (Å²) in [4.78, 5) is 23.2. The van der Waals surface area contributed by atoms with Crippen molar-refractivity contribution in [3.63, 3.8) is 0 Å². The highest BCUT2D eigenvalue weighted by atomic mass is 16.5. The molecule has 0 aliphatic heterocycles. The van der Waals surface area contributed by atoms with Crippen LogP contribution in [0.2, 0.25) is 0 Å². The minimum absolute atomic E-state index is 0.167. The molecule has 5 nitrogen and oxygen atoms in total. The van der Waals surface area contributed by atoms with E-state index in [1.807, 2.05) is 25.1 Å². The summed E-state index contributed by atoms with van der Waals surface area (Å²) in [6, 6.07) is 5.81. The van der Waals surface area contributed by atoms with E-state index in [-0.39, 0.29) is 12.5 Å². The second-order valence-electron chi connectivity index (χ2n) is 6.74. The van der Waals surface area contributed by atoms with Gasteiger partial charge in [-0.25, -0.2) is 0 Å². The second-order valence-corrected chi connectivity index (χ2v) is 6.74. The Bertz CT molecular complexity index is 605. The third-order valence-corrected chi connectivity index (χ3v) is 4.45. The van der Waals surface area contributed by atoms with Crippen LogP contribution >= 0.6 is 0 Å². The molecule has 1 atom stereocenters. The minimum atomic E-state index is -0.841. The van der Waals surface area contributed by atoms with Crippen LogP contribution in [0.4, 0.5) is 0 Å². The topological polar surface area (TPSA) is 75.6 Å². The molecule has 0 bridgehead atoms. The second kappa shape index (κ2) is 6.60. The van der Waals surface area contributed by atoms with Crippen LogP contribution in [0, 0.1) is 12.3 Å². The normalized spacial score (nSPS) is 16.7. The van der Waals surface area contributed by atoms with E-state index < -0.39 is 17.5 Å². The molecule has 0 spiro atoms. The van der Waals surface area contributed by atoms with E-state index >= 15 is 0 Å². The number of carboxylic acids is 1. The van der Waals surface area contributed by atoms with Crippen LogP contribution in [0.15, 0.2) is 18.2 Å². The maximum absolute atomic E-state index is 12.1. The van der Waals surface area contributed by atoms with Gasteiger partial charge in [-0.05, 0) is 55.9 Å². The first-order valence-electron chi connectivity index (χ1n) is 8.03. The number of ether oxygens (including phenoxy) is 1. The summed E-state index contributed by atoms with van der Waals surface area (Å²) < 4.78 is 5.68. The van der Waals surface area contributed by atoms with Crippen LogP contribution in [0.5, 0.6) is 5.75 Å². The van der Waals surface area contributed by atoms with E-state index in [4.69, 9.17) is 9.84 Å². The average molecular weight is 319 g/mol. The Kier molecular flexibility index (Phi) is 4.97. The molecule has 1 fully saturated rings. The van der Waals surface area contributed by atoms with Crippen molar-refractivity contribution in [3.8, 4) is 5.75 Å². The van der Waals surface area contributed by atoms with Gasteiger partial charge in [0, 0.05) is 6.54 Å². The fraction of sp³-hybridized carbons (Fsp3) is 0.556. The Balaban J connectivity index is 1.91. The molecule has 1 aromatic rings. The molecular formula is C18H25NO4. The molecule has 1 amide bonds. The highest BCUT2D eigenvalue weighted by Crippen LogP contribution is 2.45. The molecule has 23 heavy (non-hydrogen) atoms. The number of rotatable bonds is 7. The van der Waals surface area contributed by atoms with E-state index in [0.717, 1.165) is 5.56 Å². The van der Waals surface area contributed by atoms with Gasteiger partial charge in [0.15, 0.2) is 6.10 Å². The number of hydrogen-bond donors (Lipinski definition) is 2. The van der Waals surface area contributed by atoms with E-state index in [2.05, 4.69) is 19.2 Å². The van der Waals surface area contributed by atoms with Gasteiger partial charge in [0.2, 0.25) is 0 Å². The van der Waals surface area contributed by atoms with Gasteiger partial charge in [-0.15, -0.1) is 0 Å². The van der Waals surface area contributed by atoms with Gasteiger partial charge < -0.3 is 15.2 Å². The lowest BCUT2D eigenvalue weighted by Gasteiger charge is -2.18. The van der Waals surface area contributed by atoms with Crippen molar-refractivity contribution in [1.29, 1.82) is 0 Å². The van der Waals surface area contributed by atoms with Crippen LogP contribution in [0.25, 0.3) is 0 Å². The molecule has 1 aromatic carbocycles. The number of aliphatic carboxylic acids is 1. The molecule has 1 aliphatic carbocycles. The molecule has 0 aromatic heterocycles. The summed E-state index contributed by atoms with van der Waals surface area (Å²) in [5.74, 6) is -0.0428. The van der Waals surface area contributed by atoms with Gasteiger partial charge in [-0.2, -0.15) is 0 Å². The van der Waals surface area contributed by atoms with Gasteiger partial charge in [-0.1, -0.05) is 19.9 Å². The number of hydrogen-bond acceptors (Lipinski definition) is 3. The number of nitrogens with one attached hydrogen (secondary N) is 1. The summed E-state index contributed by atoms with van der Waals surface area (Å²) in [5.41, 5.74) is 1.63. The molecule has 2 rings (SSSR count). The fourth-order valence-corrected chi connectivity index (χ4v) is 2.64. The summed E-state index contributed by atoms with van der Waals surface area (Å²) >= 11 is 0. The zero-order valence-corrected chi connectivity index (χ0v) is 14.2. The first-order valence-corrected chi connectivity index (χ1v) is 8.03. The molecule has 0 radical (unpaired) electrons. The molecule has 2 N–H and O–H groups in total. The lowest BCUT2D eigenvalue weighted by Crippen LogP contribution is -2.41. The van der Waals surface area contributed by atoms with Crippen molar-refractivity contribution < 1.29 is 19.4 Å². The molecule has 1 aliphatic rings. The fourth-order valence-electron chi connectivity index (χ4n) is 2.64. The van der Waals surface area contributed by atoms with Crippen molar-refractivity contribution in [2.24, 2.45) is 5.41 Å². The Hall–Kier alpha value is -2.04. The SMILES string of the molecule is Cc1cc(OC(C)C(=O)NCC2(C(=O)O)CC2)ccc1C(C)C. The lowest BCUT2D eigenvalue weighted by atomic mass is 9.98. The molecular weight excluding hydrogens is 294 g/mol. The summed E-state index contributed by atoms with van der Waals surface area (Å²) in [6.07, 6.45) is 0.574. The van der Waals surface area contributed by atoms with Crippen LogP contribution in [0.1, 0.15) is 50.7 Å². The summed E-state index contributed by atoms with van der Waals surface area (Å²) in [5, 5.41) is 11.8. The molecule has 0 heterocycles. The Morgan fingerprint density at radius 2 is 1.96 bits per heavy atom. The van der Waals surface area contributed by atoms with Gasteiger partial charge in [-0.3, -0.25) is 9.59 Å². The third-order valence-electron chi connectivity index (χ3n) is 4.45. The Morgan fingerprint density at radius 3 is 2.43 bits per heavy atom. The summed E-state index contributed by atoms with van der Waals surface area (Å²) in [6.45, 7) is 8.13. The Morgan fingerprint density at radius 1 is 1.30 bits per heavy atom. The molecule has 0 saturated heterocycles. The smallest absolute Gasteiger partial charge is 0.311 e. The largest absolute Gasteiger partial charge is 0.481 e. The zero-order valence-electron chi connectivity index (χ0n) is 14.2. The minimum Gasteiger partial charge on any atom is -0.481 e. The van der Waals surface area contributed by atoms with Crippen molar-refractivity contribution in [3.05, 3.63) is 29.3 Å². The van der Waals surface area contributed by atoms with Crippen molar-refractivity contribution in [1.82, 2.24) is 5.32 Å². The predicted molar refractivity (Wildman–Crippen MR) is 87.7 cm³/mol. The quantitative estimate of drug-likeness (QED) is 0.810. The van der Waals surface area contributed by atoms with E-state index in [0.29, 0.717) is 24.5 Å². The zero-order chi connectivity index (χ0) is 17.2. The van der Waals surface area contributed by atoms with Gasteiger partial charge in [0.25, 0.3) is 5.91 Å². The standard InChI is InChI=1S/C18H25NO4/c1-11(2)15-6-5-14(9-12(15)3)23-13(4)16(20)19-10-18(7-8-18)17(21)22/h5-6,9,11,13H,7-8,10H2,1-4H3,(H,19,20)(H,21,22). The van der Waals surface area contributed by atoms with Crippen molar-refractivity contribution >= 4 is 11.9 Å².